The third-order valence-electron chi connectivity index (χ3n) is 4.29. The van der Waals surface area contributed by atoms with Gasteiger partial charge in [0.05, 0.1) is 0 Å². The molecule has 0 aromatic carbocycles. The van der Waals surface area contributed by atoms with Crippen LogP contribution >= 0.6 is 0 Å². The van der Waals surface area contributed by atoms with E-state index in [-0.39, 0.29) is 0 Å². The molecule has 2 N–H and O–H groups in total. The van der Waals surface area contributed by atoms with Crippen LogP contribution in [0.4, 0.5) is 0 Å². The number of hydrogen-bond acceptors (Lipinski definition) is 2. The smallest absolute Gasteiger partial charge is 0.0135 e. The van der Waals surface area contributed by atoms with Crippen LogP contribution in [0.3, 0.4) is 0 Å². The Hall–Kier alpha value is -0.0800. The summed E-state index contributed by atoms with van der Waals surface area (Å²) in [5, 5.41) is 0. The zero-order chi connectivity index (χ0) is 12.0. The van der Waals surface area contributed by atoms with E-state index in [4.69, 9.17) is 5.73 Å². The lowest BCUT2D eigenvalue weighted by molar-refractivity contribution is 0.0973. The summed E-state index contributed by atoms with van der Waals surface area (Å²) in [6.07, 6.45) is 6.79. The minimum absolute atomic E-state index is 0.748. The maximum Gasteiger partial charge on any atom is 0.0135 e. The number of nitrogens with zero attached hydrogens (tertiary/aromatic N) is 1. The molecule has 1 fully saturated rings. The van der Waals surface area contributed by atoms with Crippen LogP contribution in [0.5, 0.6) is 0 Å². The van der Waals surface area contributed by atoms with Gasteiger partial charge in [0, 0.05) is 12.6 Å². The second kappa shape index (κ2) is 7.29. The largest absolute Gasteiger partial charge is 0.330 e. The van der Waals surface area contributed by atoms with Crippen LogP contribution in [0, 0.1) is 11.8 Å². The zero-order valence-electron chi connectivity index (χ0n) is 11.4. The van der Waals surface area contributed by atoms with Crippen LogP contribution in [0.1, 0.15) is 52.9 Å². The van der Waals surface area contributed by atoms with Gasteiger partial charge in [-0.2, -0.15) is 0 Å². The fourth-order valence-corrected chi connectivity index (χ4v) is 2.97. The molecule has 0 aromatic heterocycles. The molecule has 0 heterocycles. The standard InChI is InChI=1S/C14H30N2/c1-4-12(3)11-16(5-2)14-9-7-6-8-13(14)10-15/h12-14H,4-11,15H2,1-3H3. The number of hydrogen-bond donors (Lipinski definition) is 1. The van der Waals surface area contributed by atoms with Crippen LogP contribution in [-0.4, -0.2) is 30.6 Å². The Morgan fingerprint density at radius 2 is 1.94 bits per heavy atom. The maximum absolute atomic E-state index is 5.92. The highest BCUT2D eigenvalue weighted by molar-refractivity contribution is 4.84. The van der Waals surface area contributed by atoms with E-state index < -0.39 is 0 Å². The molecule has 2 nitrogen and oxygen atoms in total. The molecule has 96 valence electrons. The Morgan fingerprint density at radius 1 is 1.25 bits per heavy atom. The van der Waals surface area contributed by atoms with Crippen LogP contribution in [-0.2, 0) is 0 Å². The molecule has 1 aliphatic rings. The molecule has 2 heteroatoms. The van der Waals surface area contributed by atoms with E-state index in [9.17, 15) is 0 Å². The summed E-state index contributed by atoms with van der Waals surface area (Å²) in [5.41, 5.74) is 5.92. The van der Waals surface area contributed by atoms with Crippen molar-refractivity contribution in [3.05, 3.63) is 0 Å². The van der Waals surface area contributed by atoms with Crippen molar-refractivity contribution < 1.29 is 0 Å². The Bertz CT molecular complexity index is 182. The summed E-state index contributed by atoms with van der Waals surface area (Å²) in [6.45, 7) is 10.3. The van der Waals surface area contributed by atoms with E-state index in [0.717, 1.165) is 24.4 Å². The molecule has 1 aliphatic carbocycles. The van der Waals surface area contributed by atoms with Crippen LogP contribution in [0.15, 0.2) is 0 Å². The van der Waals surface area contributed by atoms with Crippen molar-refractivity contribution in [3.63, 3.8) is 0 Å². The third-order valence-corrected chi connectivity index (χ3v) is 4.29. The van der Waals surface area contributed by atoms with Gasteiger partial charge in [-0.3, -0.25) is 0 Å². The van der Waals surface area contributed by atoms with Gasteiger partial charge in [0.15, 0.2) is 0 Å². The van der Waals surface area contributed by atoms with Crippen LogP contribution < -0.4 is 5.73 Å². The van der Waals surface area contributed by atoms with Gasteiger partial charge in [0.2, 0.25) is 0 Å². The minimum atomic E-state index is 0.748. The summed E-state index contributed by atoms with van der Waals surface area (Å²) in [7, 11) is 0. The highest BCUT2D eigenvalue weighted by Crippen LogP contribution is 2.28. The fraction of sp³-hybridized carbons (Fsp3) is 1.00. The quantitative estimate of drug-likeness (QED) is 0.754. The normalized spacial score (nSPS) is 28.3. The molecule has 3 atom stereocenters. The summed E-state index contributed by atoms with van der Waals surface area (Å²) in [4.78, 5) is 2.69. The topological polar surface area (TPSA) is 29.3 Å². The van der Waals surface area contributed by atoms with Gasteiger partial charge >= 0.3 is 0 Å². The van der Waals surface area contributed by atoms with Gasteiger partial charge in [0.25, 0.3) is 0 Å². The summed E-state index contributed by atoms with van der Waals surface area (Å²) in [6, 6.07) is 0.762. The molecule has 0 saturated heterocycles. The second-order valence-electron chi connectivity index (χ2n) is 5.45. The van der Waals surface area contributed by atoms with Gasteiger partial charge in [0.1, 0.15) is 0 Å². The molecule has 0 bridgehead atoms. The first-order valence-electron chi connectivity index (χ1n) is 7.17. The van der Waals surface area contributed by atoms with E-state index in [1.54, 1.807) is 0 Å². The third kappa shape index (κ3) is 3.74. The highest BCUT2D eigenvalue weighted by Gasteiger charge is 2.28. The van der Waals surface area contributed by atoms with Crippen molar-refractivity contribution in [1.82, 2.24) is 4.90 Å². The van der Waals surface area contributed by atoms with Gasteiger partial charge in [-0.05, 0) is 37.8 Å². The molecule has 1 rings (SSSR count). The number of nitrogens with two attached hydrogens (primary N) is 1. The SMILES string of the molecule is CCC(C)CN(CC)C1CCCCC1CN. The molecule has 0 radical (unpaired) electrons. The van der Waals surface area contributed by atoms with Gasteiger partial charge in [-0.1, -0.05) is 40.0 Å². The van der Waals surface area contributed by atoms with E-state index in [1.807, 2.05) is 0 Å². The van der Waals surface area contributed by atoms with Crippen molar-refractivity contribution in [2.24, 2.45) is 17.6 Å². The van der Waals surface area contributed by atoms with E-state index in [1.165, 1.54) is 45.2 Å². The summed E-state index contributed by atoms with van der Waals surface area (Å²) in [5.74, 6) is 1.57. The van der Waals surface area contributed by atoms with E-state index >= 15 is 0 Å². The lowest BCUT2D eigenvalue weighted by Gasteiger charge is -2.40. The second-order valence-corrected chi connectivity index (χ2v) is 5.45. The average molecular weight is 226 g/mol. The monoisotopic (exact) mass is 226 g/mol. The lowest BCUT2D eigenvalue weighted by Crippen LogP contribution is -2.46. The molecule has 16 heavy (non-hydrogen) atoms. The molecule has 3 unspecified atom stereocenters. The maximum atomic E-state index is 5.92. The molecule has 0 aromatic rings. The first-order valence-corrected chi connectivity index (χ1v) is 7.17. The van der Waals surface area contributed by atoms with Crippen molar-refractivity contribution in [1.29, 1.82) is 0 Å². The Balaban J connectivity index is 2.54. The Labute approximate surface area is 102 Å². The Kier molecular flexibility index (Phi) is 6.37. The average Bonchev–Trinajstić information content (AvgIpc) is 2.35. The summed E-state index contributed by atoms with van der Waals surface area (Å²) >= 11 is 0. The van der Waals surface area contributed by atoms with Crippen molar-refractivity contribution in [2.45, 2.75) is 58.9 Å². The number of rotatable bonds is 6. The molecule has 0 spiro atoms. The zero-order valence-corrected chi connectivity index (χ0v) is 11.4. The van der Waals surface area contributed by atoms with Crippen molar-refractivity contribution >= 4 is 0 Å². The predicted molar refractivity (Wildman–Crippen MR) is 71.5 cm³/mol. The van der Waals surface area contributed by atoms with Crippen molar-refractivity contribution in [3.8, 4) is 0 Å². The van der Waals surface area contributed by atoms with E-state index in [0.29, 0.717) is 0 Å². The predicted octanol–water partition coefficient (Wildman–Crippen LogP) is 2.87. The molecular formula is C14H30N2. The molecule has 1 saturated carbocycles. The Morgan fingerprint density at radius 3 is 2.50 bits per heavy atom. The van der Waals surface area contributed by atoms with Crippen LogP contribution in [0.25, 0.3) is 0 Å². The minimum Gasteiger partial charge on any atom is -0.330 e. The fourth-order valence-electron chi connectivity index (χ4n) is 2.97. The van der Waals surface area contributed by atoms with Gasteiger partial charge in [-0.15, -0.1) is 0 Å². The molecular weight excluding hydrogens is 196 g/mol. The lowest BCUT2D eigenvalue weighted by atomic mass is 9.83. The van der Waals surface area contributed by atoms with Crippen molar-refractivity contribution in [2.75, 3.05) is 19.6 Å². The highest BCUT2D eigenvalue weighted by atomic mass is 15.2. The molecule has 0 amide bonds. The first-order chi connectivity index (χ1) is 7.72. The first kappa shape index (κ1) is 14.0. The van der Waals surface area contributed by atoms with Gasteiger partial charge in [-0.25, -0.2) is 0 Å². The van der Waals surface area contributed by atoms with Crippen LogP contribution in [0.2, 0.25) is 0 Å². The summed E-state index contributed by atoms with van der Waals surface area (Å²) < 4.78 is 0. The molecule has 0 aliphatic heterocycles. The van der Waals surface area contributed by atoms with Gasteiger partial charge < -0.3 is 10.6 Å². The van der Waals surface area contributed by atoms with E-state index in [2.05, 4.69) is 25.7 Å².